The number of nitrogens with one attached hydrogen (secondary N) is 1. The Morgan fingerprint density at radius 1 is 1.50 bits per heavy atom. The summed E-state index contributed by atoms with van der Waals surface area (Å²) in [7, 11) is 0. The van der Waals surface area contributed by atoms with Crippen molar-refractivity contribution in [3.05, 3.63) is 0 Å². The maximum atomic E-state index is 11.0. The fourth-order valence-electron chi connectivity index (χ4n) is 1.47. The fourth-order valence-corrected chi connectivity index (χ4v) is 1.47. The topological polar surface area (TPSA) is 78.9 Å². The van der Waals surface area contributed by atoms with Crippen molar-refractivity contribution in [2.24, 2.45) is 17.6 Å². The molecule has 0 bridgehead atoms. The third-order valence-electron chi connectivity index (χ3n) is 2.42. The van der Waals surface area contributed by atoms with Gasteiger partial charge in [0.2, 0.25) is 5.91 Å². The number of hydrogen-bond acceptors (Lipinski definition) is 3. The van der Waals surface area contributed by atoms with E-state index in [0.29, 0.717) is 24.8 Å². The summed E-state index contributed by atoms with van der Waals surface area (Å²) < 4.78 is 0. The molecule has 0 aliphatic rings. The van der Waals surface area contributed by atoms with Crippen molar-refractivity contribution in [1.29, 1.82) is 5.26 Å². The summed E-state index contributed by atoms with van der Waals surface area (Å²) in [5.74, 6) is 0.813. The summed E-state index contributed by atoms with van der Waals surface area (Å²) in [5, 5.41) is 10.3. The molecule has 0 saturated heterocycles. The highest BCUT2D eigenvalue weighted by atomic mass is 16.1. The number of rotatable bonds is 6. The van der Waals surface area contributed by atoms with Gasteiger partial charge in [0.15, 0.2) is 6.19 Å². The van der Waals surface area contributed by atoms with Crippen LogP contribution in [0.25, 0.3) is 0 Å². The number of amides is 1. The molecule has 0 aromatic carbocycles. The molecule has 3 N–H and O–H groups in total. The first-order chi connectivity index (χ1) is 6.61. The van der Waals surface area contributed by atoms with E-state index in [1.54, 1.807) is 6.19 Å². The molecule has 1 amide bonds. The van der Waals surface area contributed by atoms with Crippen LogP contribution in [0.15, 0.2) is 0 Å². The van der Waals surface area contributed by atoms with Gasteiger partial charge in [0.1, 0.15) is 0 Å². The molecule has 0 aromatic heterocycles. The first-order valence-corrected chi connectivity index (χ1v) is 4.99. The Hall–Kier alpha value is -1.08. The van der Waals surface area contributed by atoms with Crippen LogP contribution >= 0.6 is 0 Å². The van der Waals surface area contributed by atoms with E-state index in [1.807, 2.05) is 0 Å². The number of nitriles is 1. The van der Waals surface area contributed by atoms with Crippen LogP contribution in [0, 0.1) is 23.3 Å². The number of nitrogens with two attached hydrogens (primary N) is 1. The van der Waals surface area contributed by atoms with Gasteiger partial charge in [-0.1, -0.05) is 13.8 Å². The minimum absolute atomic E-state index is 0.199. The van der Waals surface area contributed by atoms with Crippen molar-refractivity contribution in [1.82, 2.24) is 5.32 Å². The highest BCUT2D eigenvalue weighted by Gasteiger charge is 2.13. The Labute approximate surface area is 85.5 Å². The Bertz CT molecular complexity index is 208. The van der Waals surface area contributed by atoms with Gasteiger partial charge in [-0.25, -0.2) is 0 Å². The van der Waals surface area contributed by atoms with E-state index in [4.69, 9.17) is 11.0 Å². The molecular formula is C10H19N3O. The predicted molar refractivity (Wildman–Crippen MR) is 55.0 cm³/mol. The lowest BCUT2D eigenvalue weighted by atomic mass is 9.88. The second-order valence-corrected chi connectivity index (χ2v) is 3.78. The molecule has 0 heterocycles. The smallest absolute Gasteiger partial charge is 0.232 e. The van der Waals surface area contributed by atoms with Crippen molar-refractivity contribution in [3.8, 4) is 6.19 Å². The molecule has 0 aliphatic heterocycles. The molecule has 80 valence electrons. The normalized spacial score (nSPS) is 12.2. The van der Waals surface area contributed by atoms with E-state index < -0.39 is 0 Å². The first-order valence-electron chi connectivity index (χ1n) is 4.99. The maximum absolute atomic E-state index is 11.0. The molecule has 0 fully saturated rings. The summed E-state index contributed by atoms with van der Waals surface area (Å²) in [6.07, 6.45) is 3.79. The van der Waals surface area contributed by atoms with Crippen LogP contribution in [-0.4, -0.2) is 12.5 Å². The zero-order chi connectivity index (χ0) is 11.0. The average Bonchev–Trinajstić information content (AvgIpc) is 2.12. The van der Waals surface area contributed by atoms with E-state index in [1.165, 1.54) is 0 Å². The molecule has 0 saturated carbocycles. The quantitative estimate of drug-likeness (QED) is 0.492. The standard InChI is InChI=1S/C10H19N3O/c1-8(2)9(5-6-11)3-4-10(14)13-7-12/h8-9H,3-6,11H2,1-2H3,(H,13,14). The molecule has 0 spiro atoms. The van der Waals surface area contributed by atoms with Crippen LogP contribution in [0.4, 0.5) is 0 Å². The van der Waals surface area contributed by atoms with Gasteiger partial charge in [-0.3, -0.25) is 10.1 Å². The lowest BCUT2D eigenvalue weighted by Crippen LogP contribution is -2.21. The minimum atomic E-state index is -0.199. The summed E-state index contributed by atoms with van der Waals surface area (Å²) in [6.45, 7) is 4.91. The van der Waals surface area contributed by atoms with Crippen molar-refractivity contribution in [2.75, 3.05) is 6.54 Å². The maximum Gasteiger partial charge on any atom is 0.232 e. The minimum Gasteiger partial charge on any atom is -0.330 e. The molecule has 0 rings (SSSR count). The zero-order valence-corrected chi connectivity index (χ0v) is 8.92. The second-order valence-electron chi connectivity index (χ2n) is 3.78. The van der Waals surface area contributed by atoms with Crippen LogP contribution in [0.1, 0.15) is 33.1 Å². The van der Waals surface area contributed by atoms with E-state index in [9.17, 15) is 4.79 Å². The second kappa shape index (κ2) is 7.34. The summed E-state index contributed by atoms with van der Waals surface area (Å²) in [6, 6.07) is 0. The lowest BCUT2D eigenvalue weighted by molar-refractivity contribution is -0.120. The van der Waals surface area contributed by atoms with E-state index in [2.05, 4.69) is 19.2 Å². The van der Waals surface area contributed by atoms with Crippen LogP contribution in [0.3, 0.4) is 0 Å². The van der Waals surface area contributed by atoms with Gasteiger partial charge in [0.25, 0.3) is 0 Å². The Morgan fingerprint density at radius 3 is 2.57 bits per heavy atom. The van der Waals surface area contributed by atoms with Crippen molar-refractivity contribution in [2.45, 2.75) is 33.1 Å². The van der Waals surface area contributed by atoms with Crippen molar-refractivity contribution >= 4 is 5.91 Å². The molecule has 1 unspecified atom stereocenters. The number of nitrogens with zero attached hydrogens (tertiary/aromatic N) is 1. The molecular weight excluding hydrogens is 178 g/mol. The van der Waals surface area contributed by atoms with Gasteiger partial charge >= 0.3 is 0 Å². The molecule has 1 atom stereocenters. The Morgan fingerprint density at radius 2 is 2.14 bits per heavy atom. The Balaban J connectivity index is 3.82. The summed E-state index contributed by atoms with van der Waals surface area (Å²) >= 11 is 0. The number of carbonyl (C=O) groups excluding carboxylic acids is 1. The lowest BCUT2D eigenvalue weighted by Gasteiger charge is -2.19. The van der Waals surface area contributed by atoms with E-state index >= 15 is 0 Å². The monoisotopic (exact) mass is 197 g/mol. The van der Waals surface area contributed by atoms with Gasteiger partial charge in [-0.15, -0.1) is 0 Å². The molecule has 14 heavy (non-hydrogen) atoms. The highest BCUT2D eigenvalue weighted by Crippen LogP contribution is 2.19. The largest absolute Gasteiger partial charge is 0.330 e. The highest BCUT2D eigenvalue weighted by molar-refractivity contribution is 5.77. The molecule has 4 nitrogen and oxygen atoms in total. The third kappa shape index (κ3) is 5.55. The van der Waals surface area contributed by atoms with E-state index in [0.717, 1.165) is 12.8 Å². The van der Waals surface area contributed by atoms with Crippen molar-refractivity contribution in [3.63, 3.8) is 0 Å². The third-order valence-corrected chi connectivity index (χ3v) is 2.42. The van der Waals surface area contributed by atoms with Crippen LogP contribution in [0.5, 0.6) is 0 Å². The van der Waals surface area contributed by atoms with Crippen LogP contribution < -0.4 is 11.1 Å². The average molecular weight is 197 g/mol. The van der Waals surface area contributed by atoms with Gasteiger partial charge in [-0.2, -0.15) is 5.26 Å². The number of carbonyl (C=O) groups is 1. The molecule has 0 aromatic rings. The number of hydrogen-bond donors (Lipinski definition) is 2. The van der Waals surface area contributed by atoms with E-state index in [-0.39, 0.29) is 5.91 Å². The molecule has 0 radical (unpaired) electrons. The van der Waals surface area contributed by atoms with Crippen LogP contribution in [0.2, 0.25) is 0 Å². The summed E-state index contributed by atoms with van der Waals surface area (Å²) in [4.78, 5) is 11.0. The van der Waals surface area contributed by atoms with Gasteiger partial charge in [0.05, 0.1) is 0 Å². The van der Waals surface area contributed by atoms with Gasteiger partial charge in [-0.05, 0) is 31.2 Å². The van der Waals surface area contributed by atoms with Crippen molar-refractivity contribution < 1.29 is 4.79 Å². The zero-order valence-electron chi connectivity index (χ0n) is 8.92. The first kappa shape index (κ1) is 12.9. The Kier molecular flexibility index (Phi) is 6.77. The fraction of sp³-hybridized carbons (Fsp3) is 0.800. The van der Waals surface area contributed by atoms with Gasteiger partial charge in [0, 0.05) is 6.42 Å². The predicted octanol–water partition coefficient (Wildman–Crippen LogP) is 0.985. The van der Waals surface area contributed by atoms with Crippen LogP contribution in [-0.2, 0) is 4.79 Å². The summed E-state index contributed by atoms with van der Waals surface area (Å²) in [5.41, 5.74) is 5.48. The molecule has 4 heteroatoms. The SMILES string of the molecule is CC(C)C(CCN)CCC(=O)NC#N. The van der Waals surface area contributed by atoms with Gasteiger partial charge < -0.3 is 5.73 Å². The molecule has 0 aliphatic carbocycles.